The molecule has 0 bridgehead atoms. The van der Waals surface area contributed by atoms with Gasteiger partial charge in [-0.2, -0.15) is 0 Å². The molecule has 5 heteroatoms. The van der Waals surface area contributed by atoms with Gasteiger partial charge in [-0.15, -0.1) is 0 Å². The lowest BCUT2D eigenvalue weighted by Gasteiger charge is -2.27. The molecular formula is C21H36N4O. The molecule has 0 unspecified atom stereocenters. The number of aliphatic imine (C=N–C) groups is 1. The Balaban J connectivity index is 2.73. The van der Waals surface area contributed by atoms with Crippen molar-refractivity contribution in [2.45, 2.75) is 53.5 Å². The van der Waals surface area contributed by atoms with Gasteiger partial charge < -0.3 is 15.5 Å². The van der Waals surface area contributed by atoms with Crippen molar-refractivity contribution >= 4 is 11.9 Å². The first kappa shape index (κ1) is 22.0. The van der Waals surface area contributed by atoms with Gasteiger partial charge in [0.05, 0.1) is 6.54 Å². The van der Waals surface area contributed by atoms with Crippen molar-refractivity contribution in [3.8, 4) is 0 Å². The molecule has 0 aliphatic carbocycles. The number of carbonyl (C=O) groups is 1. The highest BCUT2D eigenvalue weighted by atomic mass is 16.2. The van der Waals surface area contributed by atoms with Crippen molar-refractivity contribution in [3.63, 3.8) is 0 Å². The summed E-state index contributed by atoms with van der Waals surface area (Å²) in [7, 11) is 1.90. The lowest BCUT2D eigenvalue weighted by atomic mass is 9.86. The van der Waals surface area contributed by atoms with Crippen molar-refractivity contribution in [2.24, 2.45) is 10.4 Å². The zero-order chi connectivity index (χ0) is 19.8. The Hall–Kier alpha value is -2.04. The molecule has 1 aromatic rings. The minimum atomic E-state index is -0.231. The molecule has 0 spiro atoms. The maximum Gasteiger partial charge on any atom is 0.240 e. The molecule has 0 saturated carbocycles. The van der Waals surface area contributed by atoms with Crippen molar-refractivity contribution in [2.75, 3.05) is 26.7 Å². The first-order valence-corrected chi connectivity index (χ1v) is 9.37. The van der Waals surface area contributed by atoms with Crippen LogP contribution in [0, 0.1) is 5.41 Å². The van der Waals surface area contributed by atoms with Crippen LogP contribution >= 0.6 is 0 Å². The Labute approximate surface area is 159 Å². The van der Waals surface area contributed by atoms with E-state index in [1.165, 1.54) is 5.56 Å². The number of benzene rings is 1. The van der Waals surface area contributed by atoms with E-state index >= 15 is 0 Å². The minimum absolute atomic E-state index is 0.00542. The van der Waals surface area contributed by atoms with Gasteiger partial charge in [-0.1, -0.05) is 44.2 Å². The Morgan fingerprint density at radius 1 is 1.12 bits per heavy atom. The molecule has 1 rings (SSSR count). The van der Waals surface area contributed by atoms with E-state index in [0.717, 1.165) is 18.9 Å². The summed E-state index contributed by atoms with van der Waals surface area (Å²) in [6.07, 6.45) is 0.963. The van der Waals surface area contributed by atoms with E-state index in [1.807, 2.05) is 45.7 Å². The van der Waals surface area contributed by atoms with Crippen LogP contribution in [0.1, 0.15) is 47.1 Å². The first-order chi connectivity index (χ1) is 12.0. The molecule has 1 amide bonds. The fraction of sp³-hybridized carbons (Fsp3) is 0.619. The van der Waals surface area contributed by atoms with Gasteiger partial charge in [0.15, 0.2) is 5.96 Å². The Morgan fingerprint density at radius 2 is 1.73 bits per heavy atom. The van der Waals surface area contributed by atoms with E-state index < -0.39 is 0 Å². The van der Waals surface area contributed by atoms with E-state index in [-0.39, 0.29) is 23.4 Å². The summed E-state index contributed by atoms with van der Waals surface area (Å²) >= 11 is 0. The van der Waals surface area contributed by atoms with E-state index in [4.69, 9.17) is 4.99 Å². The van der Waals surface area contributed by atoms with Crippen LogP contribution in [-0.4, -0.2) is 49.0 Å². The number of guanidine groups is 1. The molecule has 1 aromatic carbocycles. The smallest absolute Gasteiger partial charge is 0.240 e. The van der Waals surface area contributed by atoms with Crippen molar-refractivity contribution in [1.29, 1.82) is 0 Å². The summed E-state index contributed by atoms with van der Waals surface area (Å²) in [6, 6.07) is 10.5. The normalized spacial score (nSPS) is 12.7. The van der Waals surface area contributed by atoms with Gasteiger partial charge in [-0.05, 0) is 45.1 Å². The van der Waals surface area contributed by atoms with Crippen LogP contribution in [0.4, 0.5) is 0 Å². The second-order valence-electron chi connectivity index (χ2n) is 8.65. The van der Waals surface area contributed by atoms with E-state index in [0.29, 0.717) is 6.54 Å². The highest BCUT2D eigenvalue weighted by Crippen LogP contribution is 2.22. The molecule has 2 N–H and O–H groups in total. The first-order valence-electron chi connectivity index (χ1n) is 9.37. The zero-order valence-corrected chi connectivity index (χ0v) is 17.5. The second kappa shape index (κ2) is 9.60. The Morgan fingerprint density at radius 3 is 2.27 bits per heavy atom. The molecule has 0 saturated heterocycles. The molecule has 0 aliphatic heterocycles. The number of rotatable bonds is 7. The van der Waals surface area contributed by atoms with E-state index in [9.17, 15) is 4.79 Å². The van der Waals surface area contributed by atoms with Crippen LogP contribution in [-0.2, 0) is 11.2 Å². The number of hydrogen-bond acceptors (Lipinski definition) is 2. The van der Waals surface area contributed by atoms with Crippen LogP contribution < -0.4 is 10.6 Å². The molecule has 0 heterocycles. The molecule has 0 aromatic heterocycles. The molecule has 0 radical (unpaired) electrons. The maximum absolute atomic E-state index is 12.2. The van der Waals surface area contributed by atoms with E-state index in [1.54, 1.807) is 0 Å². The fourth-order valence-electron chi connectivity index (χ4n) is 2.71. The van der Waals surface area contributed by atoms with E-state index in [2.05, 4.69) is 48.7 Å². The highest BCUT2D eigenvalue weighted by Gasteiger charge is 2.20. The third-order valence-electron chi connectivity index (χ3n) is 3.77. The molecule has 0 aliphatic rings. The third kappa shape index (κ3) is 8.88. The SMILES string of the molecule is CCNC(=NCC(C)(C)Cc1ccccc1)N(C)CC(=O)NC(C)(C)C. The summed E-state index contributed by atoms with van der Waals surface area (Å²) in [6.45, 7) is 14.2. The third-order valence-corrected chi connectivity index (χ3v) is 3.77. The summed E-state index contributed by atoms with van der Waals surface area (Å²) in [5, 5.41) is 6.27. The highest BCUT2D eigenvalue weighted by molar-refractivity contribution is 5.86. The molecule has 146 valence electrons. The Kier molecular flexibility index (Phi) is 8.12. The van der Waals surface area contributed by atoms with Crippen LogP contribution in [0.5, 0.6) is 0 Å². The topological polar surface area (TPSA) is 56.7 Å². The lowest BCUT2D eigenvalue weighted by Crippen LogP contribution is -2.49. The number of carbonyl (C=O) groups excluding carboxylic acids is 1. The summed E-state index contributed by atoms with van der Waals surface area (Å²) in [4.78, 5) is 18.8. The number of nitrogens with zero attached hydrogens (tertiary/aromatic N) is 2. The van der Waals surface area contributed by atoms with Gasteiger partial charge >= 0.3 is 0 Å². The van der Waals surface area contributed by atoms with Crippen LogP contribution in [0.15, 0.2) is 35.3 Å². The monoisotopic (exact) mass is 360 g/mol. The number of hydrogen-bond donors (Lipinski definition) is 2. The van der Waals surface area contributed by atoms with Gasteiger partial charge in [-0.25, -0.2) is 0 Å². The van der Waals surface area contributed by atoms with Gasteiger partial charge in [0.2, 0.25) is 5.91 Å². The maximum atomic E-state index is 12.2. The average molecular weight is 361 g/mol. The molecule has 0 atom stereocenters. The van der Waals surface area contributed by atoms with Crippen LogP contribution in [0.3, 0.4) is 0 Å². The molecule has 5 nitrogen and oxygen atoms in total. The standard InChI is InChI=1S/C21H36N4O/c1-8-22-19(25(7)15-18(26)24-20(2,3)4)23-16-21(5,6)14-17-12-10-9-11-13-17/h9-13H,8,14-16H2,1-7H3,(H,22,23)(H,24,26). The zero-order valence-electron chi connectivity index (χ0n) is 17.5. The van der Waals surface area contributed by atoms with Crippen molar-refractivity contribution < 1.29 is 4.79 Å². The summed E-state index contributed by atoms with van der Waals surface area (Å²) < 4.78 is 0. The Bertz CT molecular complexity index is 588. The van der Waals surface area contributed by atoms with Gasteiger partial charge in [0, 0.05) is 25.7 Å². The van der Waals surface area contributed by atoms with Crippen LogP contribution in [0.2, 0.25) is 0 Å². The van der Waals surface area contributed by atoms with Gasteiger partial charge in [0.25, 0.3) is 0 Å². The minimum Gasteiger partial charge on any atom is -0.357 e. The number of amides is 1. The van der Waals surface area contributed by atoms with Crippen LogP contribution in [0.25, 0.3) is 0 Å². The second-order valence-corrected chi connectivity index (χ2v) is 8.65. The number of likely N-dealkylation sites (N-methyl/N-ethyl adjacent to an activating group) is 1. The van der Waals surface area contributed by atoms with Gasteiger partial charge in [0.1, 0.15) is 0 Å². The molecular weight excluding hydrogens is 324 g/mol. The van der Waals surface area contributed by atoms with Gasteiger partial charge in [-0.3, -0.25) is 9.79 Å². The van der Waals surface area contributed by atoms with Crippen molar-refractivity contribution in [1.82, 2.24) is 15.5 Å². The largest absolute Gasteiger partial charge is 0.357 e. The average Bonchev–Trinajstić information content (AvgIpc) is 2.49. The van der Waals surface area contributed by atoms with Crippen molar-refractivity contribution in [3.05, 3.63) is 35.9 Å². The molecule has 0 fully saturated rings. The molecule has 26 heavy (non-hydrogen) atoms. The lowest BCUT2D eigenvalue weighted by molar-refractivity contribution is -0.122. The fourth-order valence-corrected chi connectivity index (χ4v) is 2.71. The summed E-state index contributed by atoms with van der Waals surface area (Å²) in [5.41, 5.74) is 1.12. The number of nitrogens with one attached hydrogen (secondary N) is 2. The summed E-state index contributed by atoms with van der Waals surface area (Å²) in [5.74, 6) is 0.756. The predicted molar refractivity (Wildman–Crippen MR) is 110 cm³/mol. The quantitative estimate of drug-likeness (QED) is 0.580. The predicted octanol–water partition coefficient (Wildman–Crippen LogP) is 3.07.